The number of carbonyl (C=O) groups is 2. The monoisotopic (exact) mass is 219 g/mol. The lowest BCUT2D eigenvalue weighted by Crippen LogP contribution is -2.41. The van der Waals surface area contributed by atoms with E-state index >= 15 is 0 Å². The fourth-order valence-electron chi connectivity index (χ4n) is 0.569. The van der Waals surface area contributed by atoms with Gasteiger partial charge in [-0.3, -0.25) is 9.63 Å². The molecule has 0 radical (unpaired) electrons. The number of hydrogen-bond acceptors (Lipinski definition) is 5. The lowest BCUT2D eigenvalue weighted by atomic mass is 9.96. The lowest BCUT2D eigenvalue weighted by molar-refractivity contribution is -0.169. The molecule has 0 aromatic rings. The SMILES string of the molecule is COC(=O)[C@@H](CO)ONC(=O)C(C)(C)C. The van der Waals surface area contributed by atoms with Crippen LogP contribution in [0.1, 0.15) is 20.8 Å². The Morgan fingerprint density at radius 3 is 2.27 bits per heavy atom. The second kappa shape index (κ2) is 5.67. The van der Waals surface area contributed by atoms with E-state index in [9.17, 15) is 9.59 Å². The Morgan fingerprint density at radius 2 is 1.93 bits per heavy atom. The third-order valence-corrected chi connectivity index (χ3v) is 1.60. The minimum absolute atomic E-state index is 0.384. The Labute approximate surface area is 88.5 Å². The molecule has 6 nitrogen and oxygen atoms in total. The van der Waals surface area contributed by atoms with Crippen LogP contribution in [-0.2, 0) is 19.2 Å². The van der Waals surface area contributed by atoms with Crippen molar-refractivity contribution in [1.29, 1.82) is 0 Å². The highest BCUT2D eigenvalue weighted by molar-refractivity contribution is 5.81. The van der Waals surface area contributed by atoms with Gasteiger partial charge in [0.2, 0.25) is 12.0 Å². The van der Waals surface area contributed by atoms with E-state index < -0.39 is 24.1 Å². The van der Waals surface area contributed by atoms with Gasteiger partial charge in [-0.25, -0.2) is 10.3 Å². The average molecular weight is 219 g/mol. The van der Waals surface area contributed by atoms with Gasteiger partial charge in [0.25, 0.3) is 0 Å². The van der Waals surface area contributed by atoms with Crippen LogP contribution in [0.25, 0.3) is 0 Å². The molecule has 0 aromatic heterocycles. The van der Waals surface area contributed by atoms with Gasteiger partial charge in [-0.1, -0.05) is 20.8 Å². The van der Waals surface area contributed by atoms with Crippen molar-refractivity contribution in [2.24, 2.45) is 5.41 Å². The Bertz CT molecular complexity index is 233. The number of nitrogens with one attached hydrogen (secondary N) is 1. The van der Waals surface area contributed by atoms with Gasteiger partial charge >= 0.3 is 5.97 Å². The predicted molar refractivity (Wildman–Crippen MR) is 51.6 cm³/mol. The number of hydroxylamine groups is 1. The van der Waals surface area contributed by atoms with Gasteiger partial charge in [0.15, 0.2) is 0 Å². The van der Waals surface area contributed by atoms with Crippen LogP contribution in [0.15, 0.2) is 0 Å². The molecule has 0 aliphatic rings. The fraction of sp³-hybridized carbons (Fsp3) is 0.778. The van der Waals surface area contributed by atoms with Crippen LogP contribution < -0.4 is 5.48 Å². The number of ether oxygens (including phenoxy) is 1. The maximum Gasteiger partial charge on any atom is 0.340 e. The van der Waals surface area contributed by atoms with Crippen LogP contribution in [-0.4, -0.2) is 36.8 Å². The van der Waals surface area contributed by atoms with Crippen molar-refractivity contribution in [2.45, 2.75) is 26.9 Å². The number of amides is 1. The van der Waals surface area contributed by atoms with Crippen LogP contribution in [0.4, 0.5) is 0 Å². The van der Waals surface area contributed by atoms with Crippen molar-refractivity contribution >= 4 is 11.9 Å². The van der Waals surface area contributed by atoms with E-state index in [0.29, 0.717) is 0 Å². The molecular weight excluding hydrogens is 202 g/mol. The predicted octanol–water partition coefficient (Wildman–Crippen LogP) is -0.386. The summed E-state index contributed by atoms with van der Waals surface area (Å²) in [5.74, 6) is -1.13. The maximum absolute atomic E-state index is 11.3. The summed E-state index contributed by atoms with van der Waals surface area (Å²) in [6, 6.07) is 0. The molecule has 0 saturated heterocycles. The molecule has 0 saturated carbocycles. The first kappa shape index (κ1) is 13.9. The zero-order valence-electron chi connectivity index (χ0n) is 9.36. The summed E-state index contributed by atoms with van der Waals surface area (Å²) < 4.78 is 4.35. The summed E-state index contributed by atoms with van der Waals surface area (Å²) in [7, 11) is 1.17. The Hall–Kier alpha value is -1.14. The third kappa shape index (κ3) is 4.75. The number of esters is 1. The molecule has 0 unspecified atom stereocenters. The summed E-state index contributed by atoms with van der Waals surface area (Å²) in [5.41, 5.74) is 1.46. The molecule has 2 N–H and O–H groups in total. The molecule has 0 rings (SSSR count). The molecule has 1 amide bonds. The zero-order valence-corrected chi connectivity index (χ0v) is 9.36. The molecule has 1 atom stereocenters. The minimum Gasteiger partial charge on any atom is -0.467 e. The van der Waals surface area contributed by atoms with Crippen molar-refractivity contribution in [3.05, 3.63) is 0 Å². The van der Waals surface area contributed by atoms with E-state index in [2.05, 4.69) is 10.2 Å². The number of aliphatic hydroxyl groups is 1. The van der Waals surface area contributed by atoms with Crippen LogP contribution in [0.2, 0.25) is 0 Å². The summed E-state index contributed by atoms with van der Waals surface area (Å²) in [5, 5.41) is 8.77. The van der Waals surface area contributed by atoms with Crippen LogP contribution in [0.3, 0.4) is 0 Å². The maximum atomic E-state index is 11.3. The molecule has 0 aromatic carbocycles. The quantitative estimate of drug-likeness (QED) is 0.497. The summed E-state index contributed by atoms with van der Waals surface area (Å²) in [6.45, 7) is 4.52. The Morgan fingerprint density at radius 1 is 1.40 bits per heavy atom. The molecule has 15 heavy (non-hydrogen) atoms. The van der Waals surface area contributed by atoms with Gasteiger partial charge < -0.3 is 9.84 Å². The smallest absolute Gasteiger partial charge is 0.340 e. The van der Waals surface area contributed by atoms with Gasteiger partial charge in [-0.05, 0) is 0 Å². The molecule has 0 heterocycles. The first-order valence-corrected chi connectivity index (χ1v) is 4.47. The van der Waals surface area contributed by atoms with Gasteiger partial charge in [0.05, 0.1) is 13.7 Å². The average Bonchev–Trinajstić information content (AvgIpc) is 2.16. The van der Waals surface area contributed by atoms with E-state index in [0.717, 1.165) is 0 Å². The highest BCUT2D eigenvalue weighted by Crippen LogP contribution is 2.12. The summed E-state index contributed by atoms with van der Waals surface area (Å²) in [6.07, 6.45) is -1.19. The van der Waals surface area contributed by atoms with E-state index in [1.807, 2.05) is 0 Å². The van der Waals surface area contributed by atoms with Crippen molar-refractivity contribution in [1.82, 2.24) is 5.48 Å². The van der Waals surface area contributed by atoms with Crippen molar-refractivity contribution < 1.29 is 24.3 Å². The van der Waals surface area contributed by atoms with Crippen LogP contribution >= 0.6 is 0 Å². The van der Waals surface area contributed by atoms with E-state index in [1.165, 1.54) is 7.11 Å². The van der Waals surface area contributed by atoms with Crippen molar-refractivity contribution in [3.63, 3.8) is 0 Å². The topological polar surface area (TPSA) is 84.9 Å². The molecule has 0 fully saturated rings. The second-order valence-electron chi connectivity index (χ2n) is 3.99. The normalized spacial score (nSPS) is 13.1. The van der Waals surface area contributed by atoms with E-state index in [4.69, 9.17) is 9.94 Å². The summed E-state index contributed by atoms with van der Waals surface area (Å²) in [4.78, 5) is 27.0. The van der Waals surface area contributed by atoms with Gasteiger partial charge in [-0.2, -0.15) is 0 Å². The highest BCUT2D eigenvalue weighted by Gasteiger charge is 2.25. The second-order valence-corrected chi connectivity index (χ2v) is 3.99. The van der Waals surface area contributed by atoms with Crippen LogP contribution in [0.5, 0.6) is 0 Å². The molecule has 0 aliphatic carbocycles. The van der Waals surface area contributed by atoms with Gasteiger partial charge in [0.1, 0.15) is 0 Å². The summed E-state index contributed by atoms with van der Waals surface area (Å²) >= 11 is 0. The first-order chi connectivity index (χ1) is 6.82. The Balaban J connectivity index is 4.13. The minimum atomic E-state index is -1.19. The first-order valence-electron chi connectivity index (χ1n) is 4.47. The number of carbonyl (C=O) groups excluding carboxylic acids is 2. The van der Waals surface area contributed by atoms with Crippen molar-refractivity contribution in [3.8, 4) is 0 Å². The van der Waals surface area contributed by atoms with E-state index in [1.54, 1.807) is 20.8 Å². The highest BCUT2D eigenvalue weighted by atomic mass is 16.7. The molecule has 0 aliphatic heterocycles. The largest absolute Gasteiger partial charge is 0.467 e. The molecule has 0 spiro atoms. The number of methoxy groups -OCH3 is 1. The molecular formula is C9H17NO5. The van der Waals surface area contributed by atoms with Crippen LogP contribution in [0, 0.1) is 5.41 Å². The van der Waals surface area contributed by atoms with Gasteiger partial charge in [-0.15, -0.1) is 0 Å². The molecule has 6 heteroatoms. The molecule has 0 bridgehead atoms. The van der Waals surface area contributed by atoms with E-state index in [-0.39, 0.29) is 5.91 Å². The van der Waals surface area contributed by atoms with Gasteiger partial charge in [0, 0.05) is 5.41 Å². The number of hydrogen-bond donors (Lipinski definition) is 2. The molecule has 88 valence electrons. The zero-order chi connectivity index (χ0) is 12.1. The standard InChI is InChI=1S/C9H17NO5/c1-9(2,3)8(13)10-15-6(5-11)7(12)14-4/h6,11H,5H2,1-4H3,(H,10,13)/t6-/m1/s1. The third-order valence-electron chi connectivity index (χ3n) is 1.60. The number of rotatable bonds is 4. The number of aliphatic hydroxyl groups excluding tert-OH is 1. The Kier molecular flexibility index (Phi) is 5.24. The lowest BCUT2D eigenvalue weighted by Gasteiger charge is -2.19. The van der Waals surface area contributed by atoms with Crippen molar-refractivity contribution in [2.75, 3.05) is 13.7 Å². The fourth-order valence-corrected chi connectivity index (χ4v) is 0.569.